The molecule has 0 fully saturated rings. The number of hydrogen-bond donors (Lipinski definition) is 1. The quantitative estimate of drug-likeness (QED) is 0.888. The number of benzene rings is 2. The van der Waals surface area contributed by atoms with E-state index in [0.29, 0.717) is 10.9 Å². The van der Waals surface area contributed by atoms with Gasteiger partial charge in [0.2, 0.25) is 0 Å². The molecule has 0 saturated carbocycles. The van der Waals surface area contributed by atoms with Crippen molar-refractivity contribution in [3.8, 4) is 0 Å². The zero-order valence-corrected chi connectivity index (χ0v) is 12.7. The topological polar surface area (TPSA) is 26.0 Å². The Hall–Kier alpha value is -1.19. The lowest BCUT2D eigenvalue weighted by Gasteiger charge is -2.17. The Labute approximate surface area is 121 Å². The molecule has 3 heteroatoms. The van der Waals surface area contributed by atoms with Crippen LogP contribution in [0.5, 0.6) is 0 Å². The van der Waals surface area contributed by atoms with Crippen molar-refractivity contribution in [3.05, 3.63) is 68.9 Å². The molecule has 0 radical (unpaired) electrons. The molecule has 0 aliphatic rings. The number of halogens is 2. The molecule has 19 heavy (non-hydrogen) atoms. The molecule has 0 bridgehead atoms. The van der Waals surface area contributed by atoms with Crippen molar-refractivity contribution < 1.29 is 4.39 Å². The van der Waals surface area contributed by atoms with Crippen molar-refractivity contribution in [1.29, 1.82) is 0 Å². The molecule has 2 aromatic rings. The Bertz CT molecular complexity index is 575. The Morgan fingerprint density at radius 1 is 1.16 bits per heavy atom. The van der Waals surface area contributed by atoms with Gasteiger partial charge in [0.25, 0.3) is 0 Å². The monoisotopic (exact) mass is 321 g/mol. The van der Waals surface area contributed by atoms with Crippen molar-refractivity contribution in [2.75, 3.05) is 0 Å². The molecule has 2 aromatic carbocycles. The Balaban J connectivity index is 2.25. The number of hydrogen-bond acceptors (Lipinski definition) is 1. The highest BCUT2D eigenvalue weighted by Gasteiger charge is 2.13. The maximum atomic E-state index is 13.2. The van der Waals surface area contributed by atoms with Crippen LogP contribution in [-0.4, -0.2) is 0 Å². The Morgan fingerprint density at radius 3 is 2.37 bits per heavy atom. The van der Waals surface area contributed by atoms with Crippen LogP contribution in [0, 0.1) is 19.7 Å². The van der Waals surface area contributed by atoms with Gasteiger partial charge >= 0.3 is 0 Å². The van der Waals surface area contributed by atoms with E-state index in [-0.39, 0.29) is 11.9 Å². The first-order valence-corrected chi connectivity index (χ1v) is 7.04. The van der Waals surface area contributed by atoms with Gasteiger partial charge in [-0.1, -0.05) is 24.3 Å². The van der Waals surface area contributed by atoms with Gasteiger partial charge < -0.3 is 5.73 Å². The van der Waals surface area contributed by atoms with Crippen LogP contribution in [0.3, 0.4) is 0 Å². The molecule has 0 saturated heterocycles. The van der Waals surface area contributed by atoms with E-state index in [0.717, 1.165) is 5.56 Å². The largest absolute Gasteiger partial charge is 0.324 e. The second kappa shape index (κ2) is 5.85. The Morgan fingerprint density at radius 2 is 1.79 bits per heavy atom. The number of rotatable bonds is 3. The molecule has 2 N–H and O–H groups in total. The molecular weight excluding hydrogens is 305 g/mol. The van der Waals surface area contributed by atoms with Gasteiger partial charge in [-0.15, -0.1) is 0 Å². The molecule has 2 rings (SSSR count). The van der Waals surface area contributed by atoms with Crippen molar-refractivity contribution in [1.82, 2.24) is 0 Å². The number of nitrogens with two attached hydrogens (primary N) is 1. The van der Waals surface area contributed by atoms with Crippen molar-refractivity contribution in [3.63, 3.8) is 0 Å². The summed E-state index contributed by atoms with van der Waals surface area (Å²) in [4.78, 5) is 0. The maximum Gasteiger partial charge on any atom is 0.137 e. The molecule has 0 aliphatic carbocycles. The molecule has 1 atom stereocenters. The van der Waals surface area contributed by atoms with Crippen LogP contribution in [0.15, 0.2) is 40.9 Å². The molecule has 0 heterocycles. The normalized spacial score (nSPS) is 12.5. The third kappa shape index (κ3) is 3.23. The Kier molecular flexibility index (Phi) is 4.38. The van der Waals surface area contributed by atoms with Crippen LogP contribution >= 0.6 is 15.9 Å². The summed E-state index contributed by atoms with van der Waals surface area (Å²) in [5.74, 6) is -0.246. The summed E-state index contributed by atoms with van der Waals surface area (Å²) in [7, 11) is 0. The van der Waals surface area contributed by atoms with Crippen LogP contribution in [0.4, 0.5) is 4.39 Å². The van der Waals surface area contributed by atoms with Crippen molar-refractivity contribution in [2.24, 2.45) is 5.73 Å². The van der Waals surface area contributed by atoms with Gasteiger partial charge in [0.15, 0.2) is 0 Å². The predicted octanol–water partition coefficient (Wildman–Crippen LogP) is 4.45. The summed E-state index contributed by atoms with van der Waals surface area (Å²) in [5, 5.41) is 0. The van der Waals surface area contributed by atoms with Gasteiger partial charge in [0, 0.05) is 6.04 Å². The first kappa shape index (κ1) is 14.2. The molecule has 1 nitrogen and oxygen atoms in total. The van der Waals surface area contributed by atoms with Gasteiger partial charge in [-0.05, 0) is 70.6 Å². The van der Waals surface area contributed by atoms with E-state index in [4.69, 9.17) is 5.73 Å². The minimum absolute atomic E-state index is 0.0708. The highest BCUT2D eigenvalue weighted by atomic mass is 79.9. The average Bonchev–Trinajstić information content (AvgIpc) is 2.33. The van der Waals surface area contributed by atoms with Gasteiger partial charge in [-0.2, -0.15) is 0 Å². The van der Waals surface area contributed by atoms with E-state index >= 15 is 0 Å². The summed E-state index contributed by atoms with van der Waals surface area (Å²) < 4.78 is 13.7. The molecule has 0 aliphatic heterocycles. The second-order valence-corrected chi connectivity index (χ2v) is 5.72. The molecule has 0 amide bonds. The van der Waals surface area contributed by atoms with E-state index in [1.54, 1.807) is 12.1 Å². The fourth-order valence-electron chi connectivity index (χ4n) is 2.43. The lowest BCUT2D eigenvalue weighted by molar-refractivity contribution is 0.618. The van der Waals surface area contributed by atoms with Crippen LogP contribution in [0.1, 0.15) is 28.3 Å². The zero-order chi connectivity index (χ0) is 14.0. The molecule has 0 aromatic heterocycles. The van der Waals surface area contributed by atoms with Gasteiger partial charge in [0.05, 0.1) is 4.47 Å². The second-order valence-electron chi connectivity index (χ2n) is 4.86. The molecule has 0 spiro atoms. The summed E-state index contributed by atoms with van der Waals surface area (Å²) >= 11 is 3.21. The maximum absolute atomic E-state index is 13.2. The fraction of sp³-hybridized carbons (Fsp3) is 0.250. The first-order chi connectivity index (χ1) is 8.99. The van der Waals surface area contributed by atoms with E-state index in [2.05, 4.69) is 41.9 Å². The molecular formula is C16H17BrFN. The fourth-order valence-corrected chi connectivity index (χ4v) is 2.86. The van der Waals surface area contributed by atoms with E-state index in [9.17, 15) is 4.39 Å². The summed E-state index contributed by atoms with van der Waals surface area (Å²) in [6, 6.07) is 11.2. The minimum atomic E-state index is -0.246. The highest BCUT2D eigenvalue weighted by Crippen LogP contribution is 2.25. The van der Waals surface area contributed by atoms with Gasteiger partial charge in [-0.25, -0.2) is 4.39 Å². The SMILES string of the molecule is Cc1cccc(C)c1C(N)Cc1ccc(F)c(Br)c1. The van der Waals surface area contributed by atoms with Crippen LogP contribution in [0.2, 0.25) is 0 Å². The predicted molar refractivity (Wildman–Crippen MR) is 80.6 cm³/mol. The van der Waals surface area contributed by atoms with Gasteiger partial charge in [0.1, 0.15) is 5.82 Å². The summed E-state index contributed by atoms with van der Waals surface area (Å²) in [6.07, 6.45) is 0.699. The summed E-state index contributed by atoms with van der Waals surface area (Å²) in [6.45, 7) is 4.14. The summed E-state index contributed by atoms with van der Waals surface area (Å²) in [5.41, 5.74) is 10.9. The third-order valence-electron chi connectivity index (χ3n) is 3.35. The molecule has 1 unspecified atom stereocenters. The standard InChI is InChI=1S/C16H17BrFN/c1-10-4-3-5-11(2)16(10)15(19)9-12-6-7-14(18)13(17)8-12/h3-8,15H,9,19H2,1-2H3. The lowest BCUT2D eigenvalue weighted by Crippen LogP contribution is -2.16. The van der Waals surface area contributed by atoms with E-state index < -0.39 is 0 Å². The van der Waals surface area contributed by atoms with Crippen LogP contribution in [-0.2, 0) is 6.42 Å². The van der Waals surface area contributed by atoms with Crippen LogP contribution in [0.25, 0.3) is 0 Å². The number of aryl methyl sites for hydroxylation is 2. The minimum Gasteiger partial charge on any atom is -0.324 e. The third-order valence-corrected chi connectivity index (χ3v) is 3.96. The highest BCUT2D eigenvalue weighted by molar-refractivity contribution is 9.10. The van der Waals surface area contributed by atoms with Crippen LogP contribution < -0.4 is 5.73 Å². The van der Waals surface area contributed by atoms with E-state index in [1.807, 2.05) is 6.07 Å². The first-order valence-electron chi connectivity index (χ1n) is 6.24. The van der Waals surface area contributed by atoms with Gasteiger partial charge in [-0.3, -0.25) is 0 Å². The van der Waals surface area contributed by atoms with Crippen molar-refractivity contribution >= 4 is 15.9 Å². The van der Waals surface area contributed by atoms with Crippen molar-refractivity contribution in [2.45, 2.75) is 26.3 Å². The molecule has 100 valence electrons. The smallest absolute Gasteiger partial charge is 0.137 e. The van der Waals surface area contributed by atoms with E-state index in [1.165, 1.54) is 22.8 Å². The zero-order valence-electron chi connectivity index (χ0n) is 11.1. The lowest BCUT2D eigenvalue weighted by atomic mass is 9.92. The average molecular weight is 322 g/mol.